The molecule has 0 heterocycles. The maximum absolute atomic E-state index is 9.66. The Hall–Kier alpha value is -0.780. The largest absolute Gasteiger partial charge is 0.495 e. The number of aliphatic hydroxyl groups excluding tert-OH is 1. The van der Waals surface area contributed by atoms with Crippen LogP contribution in [0.3, 0.4) is 0 Å². The molecule has 1 aromatic carbocycles. The van der Waals surface area contributed by atoms with Crippen molar-refractivity contribution < 1.29 is 14.6 Å². The Morgan fingerprint density at radius 2 is 2.07 bits per heavy atom. The Balaban J connectivity index is 3.24. The standard InChI is InChI=1S/C10H14BrNO3/c1-14-8-4-3-6(7(13)5-12)10(15-2)9(8)11/h3-4,7,13H,5,12H2,1-2H3. The predicted octanol–water partition coefficient (Wildman–Crippen LogP) is 1.46. The molecule has 0 saturated carbocycles. The molecule has 0 bridgehead atoms. The van der Waals surface area contributed by atoms with E-state index in [9.17, 15) is 5.11 Å². The second-order valence-corrected chi connectivity index (χ2v) is 3.75. The first kappa shape index (κ1) is 12.3. The van der Waals surface area contributed by atoms with Gasteiger partial charge in [0, 0.05) is 12.1 Å². The van der Waals surface area contributed by atoms with Crippen molar-refractivity contribution in [2.45, 2.75) is 6.10 Å². The summed E-state index contributed by atoms with van der Waals surface area (Å²) in [4.78, 5) is 0. The summed E-state index contributed by atoms with van der Waals surface area (Å²) in [6.07, 6.45) is -0.734. The molecule has 3 N–H and O–H groups in total. The molecule has 0 radical (unpaired) electrons. The van der Waals surface area contributed by atoms with Crippen molar-refractivity contribution in [1.29, 1.82) is 0 Å². The Bertz CT molecular complexity index is 344. The minimum absolute atomic E-state index is 0.148. The predicted molar refractivity (Wildman–Crippen MR) is 61.3 cm³/mol. The molecule has 0 aliphatic carbocycles. The lowest BCUT2D eigenvalue weighted by Crippen LogP contribution is -2.12. The minimum Gasteiger partial charge on any atom is -0.495 e. The number of rotatable bonds is 4. The molecule has 0 amide bonds. The topological polar surface area (TPSA) is 64.7 Å². The molecule has 1 aromatic rings. The van der Waals surface area contributed by atoms with Crippen LogP contribution in [0.2, 0.25) is 0 Å². The van der Waals surface area contributed by atoms with Crippen molar-refractivity contribution in [3.05, 3.63) is 22.2 Å². The second kappa shape index (κ2) is 5.34. The fourth-order valence-electron chi connectivity index (χ4n) is 1.31. The fourth-order valence-corrected chi connectivity index (χ4v) is 1.99. The van der Waals surface area contributed by atoms with Crippen LogP contribution in [-0.4, -0.2) is 25.9 Å². The Labute approximate surface area is 97.1 Å². The summed E-state index contributed by atoms with van der Waals surface area (Å²) in [6, 6.07) is 3.49. The summed E-state index contributed by atoms with van der Waals surface area (Å²) in [5, 5.41) is 9.66. The summed E-state index contributed by atoms with van der Waals surface area (Å²) < 4.78 is 11.0. The molecule has 0 saturated heterocycles. The van der Waals surface area contributed by atoms with Crippen LogP contribution in [-0.2, 0) is 0 Å². The molecule has 15 heavy (non-hydrogen) atoms. The van der Waals surface area contributed by atoms with Crippen molar-refractivity contribution in [3.63, 3.8) is 0 Å². The van der Waals surface area contributed by atoms with E-state index in [2.05, 4.69) is 15.9 Å². The van der Waals surface area contributed by atoms with Gasteiger partial charge in [0.05, 0.1) is 20.3 Å². The van der Waals surface area contributed by atoms with Crippen LogP contribution < -0.4 is 15.2 Å². The van der Waals surface area contributed by atoms with Gasteiger partial charge in [0.1, 0.15) is 16.0 Å². The average molecular weight is 276 g/mol. The zero-order chi connectivity index (χ0) is 11.4. The molecule has 4 nitrogen and oxygen atoms in total. The third kappa shape index (κ3) is 2.42. The summed E-state index contributed by atoms with van der Waals surface area (Å²) in [6.45, 7) is 0.148. The molecule has 1 unspecified atom stereocenters. The van der Waals surface area contributed by atoms with E-state index in [0.717, 1.165) is 0 Å². The van der Waals surface area contributed by atoms with Gasteiger partial charge in [0.15, 0.2) is 0 Å². The third-order valence-corrected chi connectivity index (χ3v) is 2.85. The molecule has 1 atom stereocenters. The van der Waals surface area contributed by atoms with Crippen LogP contribution in [0.4, 0.5) is 0 Å². The summed E-state index contributed by atoms with van der Waals surface area (Å²) in [5.74, 6) is 1.20. The summed E-state index contributed by atoms with van der Waals surface area (Å²) in [5.41, 5.74) is 6.04. The van der Waals surface area contributed by atoms with E-state index in [0.29, 0.717) is 21.5 Å². The number of benzene rings is 1. The first-order valence-electron chi connectivity index (χ1n) is 4.44. The molecule has 5 heteroatoms. The van der Waals surface area contributed by atoms with E-state index in [1.807, 2.05) is 0 Å². The first-order valence-corrected chi connectivity index (χ1v) is 5.23. The highest BCUT2D eigenvalue weighted by atomic mass is 79.9. The Morgan fingerprint density at radius 3 is 2.53 bits per heavy atom. The molecule has 1 rings (SSSR count). The maximum Gasteiger partial charge on any atom is 0.142 e. The van der Waals surface area contributed by atoms with E-state index < -0.39 is 6.10 Å². The smallest absolute Gasteiger partial charge is 0.142 e. The molecule has 0 fully saturated rings. The highest BCUT2D eigenvalue weighted by Gasteiger charge is 2.17. The molecular formula is C10H14BrNO3. The van der Waals surface area contributed by atoms with E-state index in [-0.39, 0.29) is 6.54 Å². The van der Waals surface area contributed by atoms with Gasteiger partial charge >= 0.3 is 0 Å². The highest BCUT2D eigenvalue weighted by molar-refractivity contribution is 9.10. The van der Waals surface area contributed by atoms with E-state index in [4.69, 9.17) is 15.2 Å². The molecule has 0 spiro atoms. The van der Waals surface area contributed by atoms with E-state index >= 15 is 0 Å². The van der Waals surface area contributed by atoms with Crippen molar-refractivity contribution in [3.8, 4) is 11.5 Å². The van der Waals surface area contributed by atoms with Crippen LogP contribution >= 0.6 is 15.9 Å². The van der Waals surface area contributed by atoms with Crippen molar-refractivity contribution in [1.82, 2.24) is 0 Å². The van der Waals surface area contributed by atoms with Crippen molar-refractivity contribution in [2.24, 2.45) is 5.73 Å². The Kier molecular flexibility index (Phi) is 4.38. The quantitative estimate of drug-likeness (QED) is 0.873. The molecule has 0 aliphatic rings. The van der Waals surface area contributed by atoms with Gasteiger partial charge in [-0.2, -0.15) is 0 Å². The van der Waals surface area contributed by atoms with Gasteiger partial charge in [-0.05, 0) is 28.1 Å². The van der Waals surface area contributed by atoms with Gasteiger partial charge < -0.3 is 20.3 Å². The lowest BCUT2D eigenvalue weighted by Gasteiger charge is -2.16. The van der Waals surface area contributed by atoms with E-state index in [1.165, 1.54) is 7.11 Å². The molecular weight excluding hydrogens is 262 g/mol. The number of aliphatic hydroxyl groups is 1. The minimum atomic E-state index is -0.734. The van der Waals surface area contributed by atoms with Gasteiger partial charge in [-0.15, -0.1) is 0 Å². The zero-order valence-corrected chi connectivity index (χ0v) is 10.2. The molecule has 84 valence electrons. The number of hydrogen-bond acceptors (Lipinski definition) is 4. The van der Waals surface area contributed by atoms with Crippen molar-refractivity contribution in [2.75, 3.05) is 20.8 Å². The Morgan fingerprint density at radius 1 is 1.40 bits per heavy atom. The van der Waals surface area contributed by atoms with Crippen LogP contribution in [0.15, 0.2) is 16.6 Å². The van der Waals surface area contributed by atoms with Crippen LogP contribution in [0.5, 0.6) is 11.5 Å². The van der Waals surface area contributed by atoms with Crippen molar-refractivity contribution >= 4 is 15.9 Å². The number of methoxy groups -OCH3 is 2. The van der Waals surface area contributed by atoms with Crippen LogP contribution in [0.25, 0.3) is 0 Å². The SMILES string of the molecule is COc1ccc(C(O)CN)c(OC)c1Br. The van der Waals surface area contributed by atoms with Gasteiger partial charge in [-0.3, -0.25) is 0 Å². The molecule has 0 aliphatic heterocycles. The average Bonchev–Trinajstić information content (AvgIpc) is 2.27. The van der Waals surface area contributed by atoms with E-state index in [1.54, 1.807) is 19.2 Å². The number of nitrogens with two attached hydrogens (primary N) is 1. The number of ether oxygens (including phenoxy) is 2. The third-order valence-electron chi connectivity index (χ3n) is 2.10. The maximum atomic E-state index is 9.66. The lowest BCUT2D eigenvalue weighted by molar-refractivity contribution is 0.181. The molecule has 0 aromatic heterocycles. The lowest BCUT2D eigenvalue weighted by atomic mass is 10.1. The summed E-state index contributed by atoms with van der Waals surface area (Å²) in [7, 11) is 3.10. The summed E-state index contributed by atoms with van der Waals surface area (Å²) >= 11 is 3.35. The zero-order valence-electron chi connectivity index (χ0n) is 8.66. The normalized spacial score (nSPS) is 12.3. The second-order valence-electron chi connectivity index (χ2n) is 2.96. The number of hydrogen-bond donors (Lipinski definition) is 2. The monoisotopic (exact) mass is 275 g/mol. The first-order chi connectivity index (χ1) is 7.15. The van der Waals surface area contributed by atoms with Gasteiger partial charge in [-0.1, -0.05) is 0 Å². The van der Waals surface area contributed by atoms with Crippen LogP contribution in [0.1, 0.15) is 11.7 Å². The van der Waals surface area contributed by atoms with Gasteiger partial charge in [0.25, 0.3) is 0 Å². The highest BCUT2D eigenvalue weighted by Crippen LogP contribution is 2.39. The van der Waals surface area contributed by atoms with Gasteiger partial charge in [0.2, 0.25) is 0 Å². The van der Waals surface area contributed by atoms with Crippen LogP contribution in [0, 0.1) is 0 Å². The fraction of sp³-hybridized carbons (Fsp3) is 0.400. The number of halogens is 1. The van der Waals surface area contributed by atoms with Gasteiger partial charge in [-0.25, -0.2) is 0 Å².